The fourth-order valence-corrected chi connectivity index (χ4v) is 3.97. The van der Waals surface area contributed by atoms with Crippen molar-refractivity contribution in [3.8, 4) is 0 Å². The second-order valence-corrected chi connectivity index (χ2v) is 9.01. The van der Waals surface area contributed by atoms with Crippen molar-refractivity contribution in [2.24, 2.45) is 0 Å². The summed E-state index contributed by atoms with van der Waals surface area (Å²) in [6.07, 6.45) is 1.79. The van der Waals surface area contributed by atoms with Gasteiger partial charge in [-0.15, -0.1) is 0 Å². The second-order valence-electron chi connectivity index (χ2n) is 6.37. The van der Waals surface area contributed by atoms with Gasteiger partial charge in [0.1, 0.15) is 6.04 Å². The number of hydrogen-bond acceptors (Lipinski definition) is 4. The minimum Gasteiger partial charge on any atom is -0.465 e. The number of nitrogens with zero attached hydrogens (tertiary/aromatic N) is 1. The van der Waals surface area contributed by atoms with Gasteiger partial charge in [-0.1, -0.05) is 36.4 Å². The SMILES string of the molecule is CCOC(=O)[C@@H]1C(c2ccccc2)=CCN1S(=O)(=O)C(C)(C)C. The second kappa shape index (κ2) is 6.45. The van der Waals surface area contributed by atoms with Gasteiger partial charge < -0.3 is 4.74 Å². The highest BCUT2D eigenvalue weighted by Crippen LogP contribution is 2.34. The van der Waals surface area contributed by atoms with Crippen LogP contribution in [0.5, 0.6) is 0 Å². The van der Waals surface area contributed by atoms with Crippen LogP contribution in [0.3, 0.4) is 0 Å². The lowest BCUT2D eigenvalue weighted by atomic mass is 10.0. The van der Waals surface area contributed by atoms with Crippen LogP contribution in [-0.2, 0) is 19.6 Å². The Kier molecular flexibility index (Phi) is 4.96. The Morgan fingerprint density at radius 2 is 1.87 bits per heavy atom. The quantitative estimate of drug-likeness (QED) is 0.792. The van der Waals surface area contributed by atoms with Gasteiger partial charge >= 0.3 is 5.97 Å². The molecule has 0 N–H and O–H groups in total. The van der Waals surface area contributed by atoms with Gasteiger partial charge in [-0.25, -0.2) is 13.2 Å². The average molecular weight is 337 g/mol. The van der Waals surface area contributed by atoms with Crippen molar-refractivity contribution < 1.29 is 17.9 Å². The summed E-state index contributed by atoms with van der Waals surface area (Å²) in [7, 11) is -3.65. The lowest BCUT2D eigenvalue weighted by molar-refractivity contribution is -0.145. The first-order valence-corrected chi connectivity index (χ1v) is 9.07. The highest BCUT2D eigenvalue weighted by molar-refractivity contribution is 7.90. The van der Waals surface area contributed by atoms with Crippen molar-refractivity contribution in [2.45, 2.75) is 38.5 Å². The first-order valence-electron chi connectivity index (χ1n) is 7.63. The van der Waals surface area contributed by atoms with Crippen LogP contribution < -0.4 is 0 Å². The number of carbonyl (C=O) groups excluding carboxylic acids is 1. The molecule has 1 heterocycles. The summed E-state index contributed by atoms with van der Waals surface area (Å²) in [6, 6.07) is 8.40. The summed E-state index contributed by atoms with van der Waals surface area (Å²) in [5.74, 6) is -0.534. The van der Waals surface area contributed by atoms with Crippen molar-refractivity contribution in [2.75, 3.05) is 13.2 Å². The molecule has 0 radical (unpaired) electrons. The van der Waals surface area contributed by atoms with E-state index in [4.69, 9.17) is 4.74 Å². The lowest BCUT2D eigenvalue weighted by Crippen LogP contribution is -2.49. The molecule has 0 bridgehead atoms. The number of benzene rings is 1. The van der Waals surface area contributed by atoms with Crippen LogP contribution in [-0.4, -0.2) is 42.6 Å². The minimum atomic E-state index is -3.65. The van der Waals surface area contributed by atoms with Crippen LogP contribution in [0.15, 0.2) is 36.4 Å². The molecule has 0 fully saturated rings. The molecule has 1 atom stereocenters. The molecule has 5 nitrogen and oxygen atoms in total. The van der Waals surface area contributed by atoms with Gasteiger partial charge in [0.25, 0.3) is 0 Å². The molecule has 126 valence electrons. The third kappa shape index (κ3) is 3.33. The van der Waals surface area contributed by atoms with E-state index in [-0.39, 0.29) is 13.2 Å². The number of rotatable bonds is 4. The number of hydrogen-bond donors (Lipinski definition) is 0. The first kappa shape index (κ1) is 17.7. The van der Waals surface area contributed by atoms with Gasteiger partial charge in [0.05, 0.1) is 11.4 Å². The van der Waals surface area contributed by atoms with E-state index >= 15 is 0 Å². The molecule has 2 rings (SSSR count). The third-order valence-corrected chi connectivity index (χ3v) is 6.30. The van der Waals surface area contributed by atoms with Gasteiger partial charge in [0, 0.05) is 6.54 Å². The molecule has 1 aromatic rings. The van der Waals surface area contributed by atoms with Gasteiger partial charge in [-0.3, -0.25) is 0 Å². The molecule has 0 saturated carbocycles. The van der Waals surface area contributed by atoms with Crippen LogP contribution in [0.4, 0.5) is 0 Å². The highest BCUT2D eigenvalue weighted by atomic mass is 32.2. The smallest absolute Gasteiger partial charge is 0.329 e. The molecule has 23 heavy (non-hydrogen) atoms. The van der Waals surface area contributed by atoms with Crippen molar-refractivity contribution in [1.82, 2.24) is 4.31 Å². The van der Waals surface area contributed by atoms with Crippen LogP contribution in [0.25, 0.3) is 5.57 Å². The molecule has 0 amide bonds. The van der Waals surface area contributed by atoms with Gasteiger partial charge in [0.15, 0.2) is 0 Å². The third-order valence-electron chi connectivity index (χ3n) is 3.77. The zero-order valence-corrected chi connectivity index (χ0v) is 14.8. The van der Waals surface area contributed by atoms with Crippen molar-refractivity contribution >= 4 is 21.6 Å². The molecule has 0 aromatic heterocycles. The zero-order chi connectivity index (χ0) is 17.3. The standard InChI is InChI=1S/C17H23NO4S/c1-5-22-16(19)15-14(13-9-7-6-8-10-13)11-12-18(15)23(20,21)17(2,3)4/h6-11,15H,5,12H2,1-4H3/t15-/m0/s1. The Morgan fingerprint density at radius 1 is 1.26 bits per heavy atom. The van der Waals surface area contributed by atoms with Crippen LogP contribution >= 0.6 is 0 Å². The molecular formula is C17H23NO4S. The van der Waals surface area contributed by atoms with Crippen molar-refractivity contribution in [3.63, 3.8) is 0 Å². The summed E-state index contributed by atoms with van der Waals surface area (Å²) >= 11 is 0. The average Bonchev–Trinajstić information content (AvgIpc) is 2.92. The molecule has 1 aliphatic heterocycles. The molecule has 0 aliphatic carbocycles. The van der Waals surface area contributed by atoms with Crippen molar-refractivity contribution in [3.05, 3.63) is 42.0 Å². The molecule has 0 saturated heterocycles. The topological polar surface area (TPSA) is 63.7 Å². The Balaban J connectivity index is 2.46. The first-order chi connectivity index (χ1) is 10.7. The molecule has 1 aromatic carbocycles. The number of carbonyl (C=O) groups is 1. The summed E-state index contributed by atoms with van der Waals surface area (Å²) in [5, 5.41) is 0. The normalized spacial score (nSPS) is 19.5. The Labute approximate surface area is 138 Å². The Morgan fingerprint density at radius 3 is 2.39 bits per heavy atom. The van der Waals surface area contributed by atoms with E-state index in [0.29, 0.717) is 5.57 Å². The fourth-order valence-electron chi connectivity index (χ4n) is 2.52. The maximum atomic E-state index is 12.8. The van der Waals surface area contributed by atoms with Gasteiger partial charge in [-0.2, -0.15) is 4.31 Å². The minimum absolute atomic E-state index is 0.174. The maximum absolute atomic E-state index is 12.8. The van der Waals surface area contributed by atoms with Gasteiger partial charge in [-0.05, 0) is 38.8 Å². The largest absolute Gasteiger partial charge is 0.465 e. The number of sulfonamides is 1. The molecule has 0 spiro atoms. The summed E-state index contributed by atoms with van der Waals surface area (Å²) < 4.78 is 31.1. The fraction of sp³-hybridized carbons (Fsp3) is 0.471. The molecule has 1 aliphatic rings. The van der Waals surface area contributed by atoms with Crippen LogP contribution in [0.1, 0.15) is 33.3 Å². The van der Waals surface area contributed by atoms with E-state index in [1.54, 1.807) is 33.8 Å². The lowest BCUT2D eigenvalue weighted by Gasteiger charge is -2.31. The summed E-state index contributed by atoms with van der Waals surface area (Å²) in [5.41, 5.74) is 1.51. The van der Waals surface area contributed by atoms with E-state index in [1.165, 1.54) is 4.31 Å². The Bertz CT molecular complexity index is 702. The van der Waals surface area contributed by atoms with Crippen LogP contribution in [0, 0.1) is 0 Å². The zero-order valence-electron chi connectivity index (χ0n) is 13.9. The van der Waals surface area contributed by atoms with E-state index in [1.807, 2.05) is 30.3 Å². The maximum Gasteiger partial charge on any atom is 0.329 e. The number of esters is 1. The molecule has 6 heteroatoms. The van der Waals surface area contributed by atoms with Crippen LogP contribution in [0.2, 0.25) is 0 Å². The van der Waals surface area contributed by atoms with E-state index in [9.17, 15) is 13.2 Å². The molecular weight excluding hydrogens is 314 g/mol. The van der Waals surface area contributed by atoms with Gasteiger partial charge in [0.2, 0.25) is 10.0 Å². The number of ether oxygens (including phenoxy) is 1. The summed E-state index contributed by atoms with van der Waals surface area (Å²) in [6.45, 7) is 6.98. The molecule has 0 unspecified atom stereocenters. The highest BCUT2D eigenvalue weighted by Gasteiger charge is 2.46. The monoisotopic (exact) mass is 337 g/mol. The predicted octanol–water partition coefficient (Wildman–Crippen LogP) is 2.45. The van der Waals surface area contributed by atoms with E-state index in [0.717, 1.165) is 5.56 Å². The van der Waals surface area contributed by atoms with Crippen molar-refractivity contribution in [1.29, 1.82) is 0 Å². The summed E-state index contributed by atoms with van der Waals surface area (Å²) in [4.78, 5) is 12.4. The van der Waals surface area contributed by atoms with E-state index < -0.39 is 26.8 Å². The Hall–Kier alpha value is -1.66. The predicted molar refractivity (Wildman–Crippen MR) is 90.2 cm³/mol. The van der Waals surface area contributed by atoms with E-state index in [2.05, 4.69) is 0 Å².